The maximum atomic E-state index is 13.3. The van der Waals surface area contributed by atoms with Crippen LogP contribution in [0.15, 0.2) is 29.4 Å². The van der Waals surface area contributed by atoms with Crippen molar-refractivity contribution in [2.24, 2.45) is 11.0 Å². The van der Waals surface area contributed by atoms with Gasteiger partial charge in [0.15, 0.2) is 0 Å². The maximum Gasteiger partial charge on any atom is 0.287 e. The van der Waals surface area contributed by atoms with Gasteiger partial charge in [0.2, 0.25) is 5.72 Å². The SMILES string of the molecule is O=C(c1ccc([N+](=O)[O-])cc1)N1N=C(C2CC2)C[C@@]1(O)C(F)F. The Balaban J connectivity index is 1.90. The molecule has 122 valence electrons. The van der Waals surface area contributed by atoms with E-state index < -0.39 is 23.0 Å². The lowest BCUT2D eigenvalue weighted by Gasteiger charge is -2.30. The van der Waals surface area contributed by atoms with Crippen molar-refractivity contribution in [1.82, 2.24) is 5.01 Å². The molecule has 1 N–H and O–H groups in total. The average molecular weight is 325 g/mol. The Morgan fingerprint density at radius 1 is 1.39 bits per heavy atom. The van der Waals surface area contributed by atoms with Crippen molar-refractivity contribution in [3.05, 3.63) is 39.9 Å². The largest absolute Gasteiger partial charge is 0.364 e. The van der Waals surface area contributed by atoms with Crippen LogP contribution in [0.25, 0.3) is 0 Å². The van der Waals surface area contributed by atoms with Crippen LogP contribution in [0.1, 0.15) is 29.6 Å². The molecule has 0 saturated heterocycles. The molecule has 7 nitrogen and oxygen atoms in total. The lowest BCUT2D eigenvalue weighted by Crippen LogP contribution is -2.51. The summed E-state index contributed by atoms with van der Waals surface area (Å²) in [7, 11) is 0. The molecule has 1 aromatic rings. The van der Waals surface area contributed by atoms with E-state index in [-0.39, 0.29) is 23.6 Å². The second-order valence-electron chi connectivity index (χ2n) is 5.64. The highest BCUT2D eigenvalue weighted by Gasteiger charge is 2.54. The second kappa shape index (κ2) is 5.34. The predicted molar refractivity (Wildman–Crippen MR) is 75.0 cm³/mol. The molecule has 0 aromatic heterocycles. The molecule has 1 aliphatic heterocycles. The minimum Gasteiger partial charge on any atom is -0.364 e. The van der Waals surface area contributed by atoms with Gasteiger partial charge in [0.25, 0.3) is 18.0 Å². The summed E-state index contributed by atoms with van der Waals surface area (Å²) < 4.78 is 26.5. The van der Waals surface area contributed by atoms with Gasteiger partial charge >= 0.3 is 0 Å². The first-order chi connectivity index (χ1) is 10.8. The van der Waals surface area contributed by atoms with Crippen molar-refractivity contribution in [2.45, 2.75) is 31.4 Å². The zero-order chi connectivity index (χ0) is 16.8. The van der Waals surface area contributed by atoms with Crippen molar-refractivity contribution in [1.29, 1.82) is 0 Å². The monoisotopic (exact) mass is 325 g/mol. The van der Waals surface area contributed by atoms with E-state index in [1.807, 2.05) is 0 Å². The zero-order valence-corrected chi connectivity index (χ0v) is 11.9. The van der Waals surface area contributed by atoms with E-state index in [4.69, 9.17) is 0 Å². The number of carbonyl (C=O) groups is 1. The number of non-ortho nitro benzene ring substituents is 1. The Morgan fingerprint density at radius 3 is 2.48 bits per heavy atom. The van der Waals surface area contributed by atoms with Gasteiger partial charge in [0, 0.05) is 29.8 Å². The Morgan fingerprint density at radius 2 is 2.00 bits per heavy atom. The van der Waals surface area contributed by atoms with E-state index >= 15 is 0 Å². The number of hydrazone groups is 1. The molecule has 23 heavy (non-hydrogen) atoms. The molecule has 0 bridgehead atoms. The van der Waals surface area contributed by atoms with Crippen LogP contribution in [0.2, 0.25) is 0 Å². The summed E-state index contributed by atoms with van der Waals surface area (Å²) in [5, 5.41) is 25.1. The van der Waals surface area contributed by atoms with Gasteiger partial charge in [0.05, 0.1) is 4.92 Å². The first kappa shape index (κ1) is 15.5. The number of rotatable bonds is 4. The van der Waals surface area contributed by atoms with Gasteiger partial charge in [-0.2, -0.15) is 10.1 Å². The number of aliphatic hydroxyl groups is 1. The fourth-order valence-corrected chi connectivity index (χ4v) is 2.47. The number of nitro benzene ring substituents is 1. The number of halogens is 2. The standard InChI is InChI=1S/C14H13F2N3O4/c15-13(16)14(21)7-11(8-1-2-8)17-18(14)12(20)9-3-5-10(6-4-9)19(22)23/h3-6,8,13,21H,1-2,7H2/t14-/m1/s1. The highest BCUT2D eigenvalue weighted by molar-refractivity contribution is 5.99. The molecule has 1 saturated carbocycles. The van der Waals surface area contributed by atoms with E-state index in [2.05, 4.69) is 5.10 Å². The van der Waals surface area contributed by atoms with Crippen molar-refractivity contribution < 1.29 is 23.6 Å². The molecule has 1 atom stereocenters. The summed E-state index contributed by atoms with van der Waals surface area (Å²) in [5.41, 5.74) is -2.57. The van der Waals surface area contributed by atoms with E-state index in [0.29, 0.717) is 10.7 Å². The first-order valence-electron chi connectivity index (χ1n) is 7.00. The van der Waals surface area contributed by atoms with Gasteiger partial charge in [-0.15, -0.1) is 0 Å². The van der Waals surface area contributed by atoms with Gasteiger partial charge in [0.1, 0.15) is 0 Å². The molecule has 1 heterocycles. The highest BCUT2D eigenvalue weighted by atomic mass is 19.3. The number of benzene rings is 1. The molecule has 2 aliphatic rings. The van der Waals surface area contributed by atoms with E-state index in [1.165, 1.54) is 0 Å². The number of carbonyl (C=O) groups excluding carboxylic acids is 1. The number of alkyl halides is 2. The van der Waals surface area contributed by atoms with Gasteiger partial charge in [-0.3, -0.25) is 14.9 Å². The molecule has 0 radical (unpaired) electrons. The fraction of sp³-hybridized carbons (Fsp3) is 0.429. The maximum absolute atomic E-state index is 13.3. The zero-order valence-electron chi connectivity index (χ0n) is 11.9. The predicted octanol–water partition coefficient (Wildman–Crippen LogP) is 2.16. The normalized spacial score (nSPS) is 24.0. The Bertz CT molecular complexity index is 688. The lowest BCUT2D eigenvalue weighted by atomic mass is 10.0. The molecule has 1 aromatic carbocycles. The third-order valence-electron chi connectivity index (χ3n) is 3.95. The van der Waals surface area contributed by atoms with Crippen LogP contribution < -0.4 is 0 Å². The summed E-state index contributed by atoms with van der Waals surface area (Å²) in [5.74, 6) is -0.881. The number of nitro groups is 1. The smallest absolute Gasteiger partial charge is 0.287 e. The fourth-order valence-electron chi connectivity index (χ4n) is 2.47. The van der Waals surface area contributed by atoms with Crippen LogP contribution in [0.5, 0.6) is 0 Å². The summed E-state index contributed by atoms with van der Waals surface area (Å²) in [6.45, 7) is 0. The third-order valence-corrected chi connectivity index (χ3v) is 3.95. The van der Waals surface area contributed by atoms with Crippen LogP contribution in [0.3, 0.4) is 0 Å². The molecule has 9 heteroatoms. The molecule has 0 unspecified atom stereocenters. The molecule has 1 amide bonds. The van der Waals surface area contributed by atoms with Crippen LogP contribution in [0.4, 0.5) is 14.5 Å². The highest BCUT2D eigenvalue weighted by Crippen LogP contribution is 2.41. The summed E-state index contributed by atoms with van der Waals surface area (Å²) >= 11 is 0. The Kier molecular flexibility index (Phi) is 3.59. The van der Waals surface area contributed by atoms with Crippen LogP contribution >= 0.6 is 0 Å². The topological polar surface area (TPSA) is 96.0 Å². The number of hydrogen-bond donors (Lipinski definition) is 1. The van der Waals surface area contributed by atoms with Crippen molar-refractivity contribution >= 4 is 17.3 Å². The van der Waals surface area contributed by atoms with Crippen LogP contribution in [-0.4, -0.2) is 38.8 Å². The van der Waals surface area contributed by atoms with Gasteiger partial charge < -0.3 is 5.11 Å². The van der Waals surface area contributed by atoms with E-state index in [0.717, 1.165) is 37.1 Å². The number of hydrogen-bond acceptors (Lipinski definition) is 5. The Hall–Kier alpha value is -2.42. The average Bonchev–Trinajstić information content (AvgIpc) is 3.30. The van der Waals surface area contributed by atoms with Crippen LogP contribution in [0, 0.1) is 16.0 Å². The minimum absolute atomic E-state index is 0.0370. The molecular weight excluding hydrogens is 312 g/mol. The van der Waals surface area contributed by atoms with E-state index in [9.17, 15) is 28.8 Å². The second-order valence-corrected chi connectivity index (χ2v) is 5.64. The van der Waals surface area contributed by atoms with Crippen molar-refractivity contribution in [2.75, 3.05) is 0 Å². The summed E-state index contributed by atoms with van der Waals surface area (Å²) in [6, 6.07) is 4.49. The quantitative estimate of drug-likeness (QED) is 0.678. The van der Waals surface area contributed by atoms with E-state index in [1.54, 1.807) is 0 Å². The summed E-state index contributed by atoms with van der Waals surface area (Å²) in [4.78, 5) is 22.4. The number of nitrogens with zero attached hydrogens (tertiary/aromatic N) is 3. The number of amides is 1. The lowest BCUT2D eigenvalue weighted by molar-refractivity contribution is -0.384. The van der Waals surface area contributed by atoms with Gasteiger partial charge in [-0.1, -0.05) is 0 Å². The first-order valence-corrected chi connectivity index (χ1v) is 7.00. The third kappa shape index (κ3) is 2.67. The van der Waals surface area contributed by atoms with Crippen LogP contribution in [-0.2, 0) is 0 Å². The minimum atomic E-state index is -3.18. The summed E-state index contributed by atoms with van der Waals surface area (Å²) in [6.07, 6.45) is -1.95. The van der Waals surface area contributed by atoms with Crippen molar-refractivity contribution in [3.8, 4) is 0 Å². The molecule has 0 spiro atoms. The van der Waals surface area contributed by atoms with Gasteiger partial charge in [-0.25, -0.2) is 8.78 Å². The molecule has 1 aliphatic carbocycles. The molecule has 3 rings (SSSR count). The molecular formula is C14H13F2N3O4. The van der Waals surface area contributed by atoms with Gasteiger partial charge in [-0.05, 0) is 30.9 Å². The van der Waals surface area contributed by atoms with Crippen molar-refractivity contribution in [3.63, 3.8) is 0 Å². The molecule has 1 fully saturated rings. The Labute approximate surface area is 129 Å².